The summed E-state index contributed by atoms with van der Waals surface area (Å²) in [5.41, 5.74) is 0. The summed E-state index contributed by atoms with van der Waals surface area (Å²) in [6.07, 6.45) is -15.3. The van der Waals surface area contributed by atoms with Crippen molar-refractivity contribution in [2.24, 2.45) is 0 Å². The molecule has 0 saturated carbocycles. The normalized spacial score (nSPS) is 35.4. The highest BCUT2D eigenvalue weighted by Gasteiger charge is 2.81. The molecule has 1 aliphatic heterocycles. The van der Waals surface area contributed by atoms with Crippen molar-refractivity contribution in [1.82, 2.24) is 0 Å². The fourth-order valence-electron chi connectivity index (χ4n) is 0.886. The number of rotatable bonds is 1. The van der Waals surface area contributed by atoms with Gasteiger partial charge in [0, 0.05) is 0 Å². The van der Waals surface area contributed by atoms with Gasteiger partial charge in [-0.15, -0.1) is 0 Å². The lowest BCUT2D eigenvalue weighted by molar-refractivity contribution is -0.419. The highest BCUT2D eigenvalue weighted by molar-refractivity contribution is 6.22. The lowest BCUT2D eigenvalue weighted by Gasteiger charge is -2.31. The molecule has 1 fully saturated rings. The van der Waals surface area contributed by atoms with Crippen molar-refractivity contribution < 1.29 is 44.6 Å². The summed E-state index contributed by atoms with van der Waals surface area (Å²) < 4.78 is 103. The topological polar surface area (TPSA) is 18.5 Å². The Balaban J connectivity index is 3.22. The van der Waals surface area contributed by atoms with Crippen LogP contribution in [0.1, 0.15) is 0 Å². The Hall–Kier alpha value is -0.350. The Morgan fingerprint density at radius 3 is 1.62 bits per heavy atom. The summed E-state index contributed by atoms with van der Waals surface area (Å²) in [6.45, 7) is 0. The van der Waals surface area contributed by atoms with Crippen LogP contribution in [0.5, 0.6) is 0 Å². The van der Waals surface area contributed by atoms with E-state index >= 15 is 0 Å². The van der Waals surface area contributed by atoms with Crippen molar-refractivity contribution in [1.29, 1.82) is 0 Å². The Bertz CT molecular complexity index is 269. The molecule has 16 heavy (non-hydrogen) atoms. The Morgan fingerprint density at radius 2 is 1.50 bits per heavy atom. The Labute approximate surface area is 87.0 Å². The molecule has 0 aromatic carbocycles. The molecule has 1 heterocycles. The monoisotopic (exact) mass is 280 g/mol. The molecule has 1 saturated heterocycles. The quantitative estimate of drug-likeness (QED) is 0.543. The molecule has 96 valence electrons. The summed E-state index contributed by atoms with van der Waals surface area (Å²) in [4.78, 5) is 0. The second-order valence-corrected chi connectivity index (χ2v) is 3.18. The zero-order valence-corrected chi connectivity index (χ0v) is 7.55. The maximum Gasteiger partial charge on any atom is 0.451 e. The lowest BCUT2D eigenvalue weighted by Crippen LogP contribution is -2.58. The van der Waals surface area contributed by atoms with Gasteiger partial charge in [-0.25, -0.2) is 4.39 Å². The van der Waals surface area contributed by atoms with Crippen LogP contribution in [-0.2, 0) is 9.47 Å². The molecular weight excluding hydrogens is 279 g/mol. The molecule has 11 heteroatoms. The van der Waals surface area contributed by atoms with E-state index in [1.807, 2.05) is 0 Å². The fraction of sp³-hybridized carbons (Fsp3) is 1.00. The lowest BCUT2D eigenvalue weighted by atomic mass is 10.3. The van der Waals surface area contributed by atoms with Crippen LogP contribution in [0.4, 0.5) is 35.1 Å². The van der Waals surface area contributed by atoms with Gasteiger partial charge in [-0.2, -0.15) is 30.7 Å². The largest absolute Gasteiger partial charge is 0.451 e. The van der Waals surface area contributed by atoms with Crippen molar-refractivity contribution in [2.75, 3.05) is 0 Å². The van der Waals surface area contributed by atoms with Crippen molar-refractivity contribution in [2.45, 2.75) is 29.8 Å². The molecule has 0 aromatic rings. The predicted molar refractivity (Wildman–Crippen MR) is 31.6 cm³/mol. The van der Waals surface area contributed by atoms with E-state index in [1.165, 1.54) is 0 Å². The van der Waals surface area contributed by atoms with Gasteiger partial charge in [-0.3, -0.25) is 9.47 Å². The number of ether oxygens (including phenoxy) is 2. The molecule has 0 unspecified atom stereocenters. The molecule has 2 nitrogen and oxygen atoms in total. The van der Waals surface area contributed by atoms with E-state index < -0.39 is 29.8 Å². The molecule has 1 aliphatic rings. The average Bonchev–Trinajstić information content (AvgIpc) is 2.21. The minimum atomic E-state index is -6.15. The number of hydrogen-bond donors (Lipinski definition) is 0. The molecule has 0 amide bonds. The first-order valence-electron chi connectivity index (χ1n) is 3.37. The van der Waals surface area contributed by atoms with Gasteiger partial charge < -0.3 is 0 Å². The fourth-order valence-corrected chi connectivity index (χ4v) is 1.08. The molecule has 0 bridgehead atoms. The van der Waals surface area contributed by atoms with Crippen molar-refractivity contribution in [3.8, 4) is 0 Å². The summed E-state index contributed by atoms with van der Waals surface area (Å²) in [5.74, 6) is -5.22. The number of halogens is 9. The molecule has 1 rings (SSSR count). The molecule has 0 spiro atoms. The van der Waals surface area contributed by atoms with E-state index in [1.54, 1.807) is 0 Å². The summed E-state index contributed by atoms with van der Waals surface area (Å²) in [7, 11) is 0. The van der Waals surface area contributed by atoms with Gasteiger partial charge in [0.05, 0.1) is 0 Å². The highest BCUT2D eigenvalue weighted by atomic mass is 35.5. The van der Waals surface area contributed by atoms with Crippen LogP contribution >= 0.6 is 11.6 Å². The molecule has 0 radical (unpaired) electrons. The third kappa shape index (κ3) is 1.82. The van der Waals surface area contributed by atoms with Crippen LogP contribution in [0.3, 0.4) is 0 Å². The zero-order chi connectivity index (χ0) is 13.0. The SMILES string of the molecule is F[C@@H]1O[C@@](C(F)(F)F)(C(F)(F)Cl)OC1(F)F. The smallest absolute Gasteiger partial charge is 0.294 e. The molecule has 0 N–H and O–H groups in total. The van der Waals surface area contributed by atoms with E-state index in [9.17, 15) is 35.1 Å². The molecule has 0 aromatic heterocycles. The molecular formula is C5HClF8O2. The van der Waals surface area contributed by atoms with Crippen molar-refractivity contribution in [3.63, 3.8) is 0 Å². The van der Waals surface area contributed by atoms with E-state index in [2.05, 4.69) is 21.1 Å². The average molecular weight is 280 g/mol. The van der Waals surface area contributed by atoms with Crippen molar-refractivity contribution >= 4 is 11.6 Å². The summed E-state index contributed by atoms with van der Waals surface area (Å²) in [6, 6.07) is 0. The summed E-state index contributed by atoms with van der Waals surface area (Å²) >= 11 is 3.97. The van der Waals surface area contributed by atoms with E-state index in [-0.39, 0.29) is 0 Å². The van der Waals surface area contributed by atoms with Crippen LogP contribution in [0, 0.1) is 0 Å². The van der Waals surface area contributed by atoms with Gasteiger partial charge in [-0.1, -0.05) is 0 Å². The van der Waals surface area contributed by atoms with E-state index in [4.69, 9.17) is 0 Å². The van der Waals surface area contributed by atoms with Gasteiger partial charge in [-0.05, 0) is 11.6 Å². The minimum absolute atomic E-state index is 2.64. The number of hydrogen-bond acceptors (Lipinski definition) is 2. The second kappa shape index (κ2) is 3.33. The maximum atomic E-state index is 12.4. The van der Waals surface area contributed by atoms with E-state index in [0.717, 1.165) is 0 Å². The minimum Gasteiger partial charge on any atom is -0.294 e. The van der Waals surface area contributed by atoms with Crippen LogP contribution < -0.4 is 0 Å². The van der Waals surface area contributed by atoms with Crippen molar-refractivity contribution in [3.05, 3.63) is 0 Å². The maximum absolute atomic E-state index is 12.4. The highest BCUT2D eigenvalue weighted by Crippen LogP contribution is 2.56. The van der Waals surface area contributed by atoms with Gasteiger partial charge in [0.25, 0.3) is 6.36 Å². The number of alkyl halides is 9. The van der Waals surface area contributed by atoms with Gasteiger partial charge in [0.15, 0.2) is 0 Å². The first-order chi connectivity index (χ1) is 6.83. The third-order valence-electron chi connectivity index (χ3n) is 1.56. The standard InChI is InChI=1S/C5HClF8O2/c6-4(10,11)3(5(12,13)14)15-1(7)2(8,9)16-3/h1H/t1-,3+/m1/s1. The first-order valence-corrected chi connectivity index (χ1v) is 3.74. The molecule has 0 aliphatic carbocycles. The predicted octanol–water partition coefficient (Wildman–Crippen LogP) is 3.01. The van der Waals surface area contributed by atoms with E-state index in [0.29, 0.717) is 0 Å². The third-order valence-corrected chi connectivity index (χ3v) is 1.81. The van der Waals surface area contributed by atoms with Crippen LogP contribution in [0.2, 0.25) is 0 Å². The first kappa shape index (κ1) is 13.7. The summed E-state index contributed by atoms with van der Waals surface area (Å²) in [5, 5.41) is -5.42. The van der Waals surface area contributed by atoms with Crippen LogP contribution in [0.15, 0.2) is 0 Å². The Morgan fingerprint density at radius 1 is 1.06 bits per heavy atom. The van der Waals surface area contributed by atoms with Gasteiger partial charge in [0.1, 0.15) is 0 Å². The Kier molecular flexibility index (Phi) is 2.85. The van der Waals surface area contributed by atoms with Gasteiger partial charge >= 0.3 is 23.5 Å². The second-order valence-electron chi connectivity index (χ2n) is 2.71. The van der Waals surface area contributed by atoms with Gasteiger partial charge in [0.2, 0.25) is 0 Å². The zero-order valence-electron chi connectivity index (χ0n) is 6.80. The molecule has 2 atom stereocenters. The van der Waals surface area contributed by atoms with Crippen LogP contribution in [0.25, 0.3) is 0 Å². The van der Waals surface area contributed by atoms with Crippen LogP contribution in [-0.4, -0.2) is 29.8 Å².